The Morgan fingerprint density at radius 2 is 1.13 bits per heavy atom. The Kier molecular flexibility index (Phi) is 7.39. The first-order chi connectivity index (χ1) is 26.4. The lowest BCUT2D eigenvalue weighted by Crippen LogP contribution is -2.19. The van der Waals surface area contributed by atoms with Crippen LogP contribution in [-0.4, -0.2) is 0 Å². The highest BCUT2D eigenvalue weighted by molar-refractivity contribution is 6.09. The number of benzene rings is 7. The molecule has 1 atom stereocenters. The second kappa shape index (κ2) is 12.4. The Morgan fingerprint density at radius 3 is 1.87 bits per heavy atom. The summed E-state index contributed by atoms with van der Waals surface area (Å²) in [6, 6.07) is 57.6. The number of hydrogen-bond donors (Lipinski definition) is 0. The van der Waals surface area contributed by atoms with Gasteiger partial charge in [0.15, 0.2) is 0 Å². The summed E-state index contributed by atoms with van der Waals surface area (Å²) in [7, 11) is 0. The van der Waals surface area contributed by atoms with E-state index in [1.165, 1.54) is 44.6 Å². The standard InChI is InChI=1S/C52H41NO/c1-51(2)45-17-7-5-14-44(45)49-46(51)18-12-19-47(49)53(39-29-23-36(24-30-39)35-21-27-38(28-22-35)52(3)33-9-4-10-34-52)40-31-25-37(26-32-40)41-15-11-16-43-42-13-6-8-20-48(42)54-50(41)43/h4-33H,34H2,1-3H3. The van der Waals surface area contributed by atoms with Crippen LogP contribution in [-0.2, 0) is 10.8 Å². The zero-order valence-electron chi connectivity index (χ0n) is 30.9. The average molecular weight is 696 g/mol. The van der Waals surface area contributed by atoms with Gasteiger partial charge in [0.05, 0.1) is 5.69 Å². The highest BCUT2D eigenvalue weighted by Gasteiger charge is 2.37. The van der Waals surface area contributed by atoms with Crippen LogP contribution in [0, 0.1) is 0 Å². The molecule has 0 radical (unpaired) electrons. The zero-order chi connectivity index (χ0) is 36.4. The summed E-state index contributed by atoms with van der Waals surface area (Å²) >= 11 is 0. The molecule has 54 heavy (non-hydrogen) atoms. The van der Waals surface area contributed by atoms with Crippen LogP contribution >= 0.6 is 0 Å². The molecular weight excluding hydrogens is 655 g/mol. The third-order valence-electron chi connectivity index (χ3n) is 11.9. The first-order valence-corrected chi connectivity index (χ1v) is 19.0. The molecule has 8 aromatic rings. The molecule has 0 N–H and O–H groups in total. The number of rotatable bonds is 6. The summed E-state index contributed by atoms with van der Waals surface area (Å²) in [5.74, 6) is 0. The van der Waals surface area contributed by atoms with Crippen LogP contribution in [0.15, 0.2) is 186 Å². The van der Waals surface area contributed by atoms with Crippen LogP contribution in [0.5, 0.6) is 0 Å². The Morgan fingerprint density at radius 1 is 0.519 bits per heavy atom. The quantitative estimate of drug-likeness (QED) is 0.172. The minimum atomic E-state index is -0.0977. The van der Waals surface area contributed by atoms with Crippen molar-refractivity contribution in [2.24, 2.45) is 0 Å². The first-order valence-electron chi connectivity index (χ1n) is 19.0. The molecule has 1 unspecified atom stereocenters. The van der Waals surface area contributed by atoms with Gasteiger partial charge < -0.3 is 9.32 Å². The summed E-state index contributed by atoms with van der Waals surface area (Å²) in [5.41, 5.74) is 16.5. The van der Waals surface area contributed by atoms with Crippen molar-refractivity contribution in [2.45, 2.75) is 38.0 Å². The molecule has 0 aliphatic heterocycles. The van der Waals surface area contributed by atoms with Gasteiger partial charge in [-0.2, -0.15) is 0 Å². The number of fused-ring (bicyclic) bond motifs is 6. The third-order valence-corrected chi connectivity index (χ3v) is 11.9. The van der Waals surface area contributed by atoms with Crippen LogP contribution in [0.3, 0.4) is 0 Å². The third kappa shape index (κ3) is 5.09. The van der Waals surface area contributed by atoms with E-state index in [-0.39, 0.29) is 10.8 Å². The topological polar surface area (TPSA) is 16.4 Å². The van der Waals surface area contributed by atoms with Crippen molar-refractivity contribution < 1.29 is 4.42 Å². The number of para-hydroxylation sites is 2. The summed E-state index contributed by atoms with van der Waals surface area (Å²) in [6.45, 7) is 7.01. The van der Waals surface area contributed by atoms with E-state index in [4.69, 9.17) is 4.42 Å². The van der Waals surface area contributed by atoms with Crippen molar-refractivity contribution in [2.75, 3.05) is 4.90 Å². The lowest BCUT2D eigenvalue weighted by Gasteiger charge is -2.29. The maximum atomic E-state index is 6.43. The molecule has 260 valence electrons. The predicted octanol–water partition coefficient (Wildman–Crippen LogP) is 14.5. The minimum absolute atomic E-state index is 0.0366. The largest absolute Gasteiger partial charge is 0.455 e. The number of hydrogen-bond acceptors (Lipinski definition) is 2. The summed E-state index contributed by atoms with van der Waals surface area (Å²) in [6.07, 6.45) is 9.90. The van der Waals surface area contributed by atoms with E-state index in [0.29, 0.717) is 0 Å². The molecule has 7 aromatic carbocycles. The van der Waals surface area contributed by atoms with E-state index in [2.05, 4.69) is 196 Å². The maximum Gasteiger partial charge on any atom is 0.143 e. The fraction of sp³-hybridized carbons (Fsp3) is 0.115. The summed E-state index contributed by atoms with van der Waals surface area (Å²) < 4.78 is 6.43. The molecule has 2 aliphatic carbocycles. The lowest BCUT2D eigenvalue weighted by atomic mass is 9.77. The molecule has 1 heterocycles. The van der Waals surface area contributed by atoms with Gasteiger partial charge in [-0.3, -0.25) is 0 Å². The maximum absolute atomic E-state index is 6.43. The minimum Gasteiger partial charge on any atom is -0.455 e. The molecule has 2 aliphatic rings. The smallest absolute Gasteiger partial charge is 0.143 e. The summed E-state index contributed by atoms with van der Waals surface area (Å²) in [5, 5.41) is 2.28. The van der Waals surface area contributed by atoms with Gasteiger partial charge in [0.1, 0.15) is 11.2 Å². The van der Waals surface area contributed by atoms with E-state index < -0.39 is 0 Å². The lowest BCUT2D eigenvalue weighted by molar-refractivity contribution is 0.600. The van der Waals surface area contributed by atoms with E-state index >= 15 is 0 Å². The van der Waals surface area contributed by atoms with E-state index in [1.54, 1.807) is 0 Å². The van der Waals surface area contributed by atoms with Gasteiger partial charge in [-0.05, 0) is 81.8 Å². The van der Waals surface area contributed by atoms with Gasteiger partial charge >= 0.3 is 0 Å². The van der Waals surface area contributed by atoms with Crippen LogP contribution < -0.4 is 4.90 Å². The first kappa shape index (κ1) is 32.3. The number of allylic oxidation sites excluding steroid dienone is 4. The summed E-state index contributed by atoms with van der Waals surface area (Å²) in [4.78, 5) is 2.43. The molecule has 0 fully saturated rings. The van der Waals surface area contributed by atoms with Gasteiger partial charge in [0, 0.05) is 44.1 Å². The Labute approximate surface area is 317 Å². The highest BCUT2D eigenvalue weighted by Crippen LogP contribution is 2.54. The van der Waals surface area contributed by atoms with Crippen molar-refractivity contribution in [3.05, 3.63) is 199 Å². The molecule has 0 saturated heterocycles. The number of anilines is 3. The highest BCUT2D eigenvalue weighted by atomic mass is 16.3. The van der Waals surface area contributed by atoms with Gasteiger partial charge in [0.2, 0.25) is 0 Å². The SMILES string of the molecule is CC1(c2ccc(-c3ccc(N(c4ccc(-c5cccc6c5oc5ccccc56)cc4)c4cccc5c4-c4ccccc4C5(C)C)cc3)cc2)C=CC=CC1. The average Bonchev–Trinajstić information content (AvgIpc) is 3.71. The Hall–Kier alpha value is -6.38. The Bertz CT molecular complexity index is 2760. The van der Waals surface area contributed by atoms with Gasteiger partial charge in [-0.15, -0.1) is 0 Å². The molecule has 2 heteroatoms. The molecule has 0 spiro atoms. The van der Waals surface area contributed by atoms with Crippen molar-refractivity contribution in [3.8, 4) is 33.4 Å². The van der Waals surface area contributed by atoms with Gasteiger partial charge in [0.25, 0.3) is 0 Å². The predicted molar refractivity (Wildman–Crippen MR) is 227 cm³/mol. The fourth-order valence-electron chi connectivity index (χ4n) is 8.90. The zero-order valence-corrected chi connectivity index (χ0v) is 30.9. The molecule has 0 bridgehead atoms. The number of furan rings is 1. The molecule has 0 amide bonds. The van der Waals surface area contributed by atoms with Crippen molar-refractivity contribution in [3.63, 3.8) is 0 Å². The van der Waals surface area contributed by atoms with E-state index in [9.17, 15) is 0 Å². The molecule has 1 aromatic heterocycles. The van der Waals surface area contributed by atoms with Crippen LogP contribution in [0.2, 0.25) is 0 Å². The molecule has 10 rings (SSSR count). The van der Waals surface area contributed by atoms with Crippen molar-refractivity contribution in [1.29, 1.82) is 0 Å². The van der Waals surface area contributed by atoms with Crippen LogP contribution in [0.25, 0.3) is 55.3 Å². The second-order valence-corrected chi connectivity index (χ2v) is 15.6. The molecule has 2 nitrogen and oxygen atoms in total. The van der Waals surface area contributed by atoms with E-state index in [1.807, 2.05) is 12.1 Å². The van der Waals surface area contributed by atoms with Crippen molar-refractivity contribution >= 4 is 39.0 Å². The van der Waals surface area contributed by atoms with Gasteiger partial charge in [-0.25, -0.2) is 0 Å². The Balaban J connectivity index is 1.07. The monoisotopic (exact) mass is 695 g/mol. The number of nitrogens with zero attached hydrogens (tertiary/aromatic N) is 1. The normalized spacial score (nSPS) is 16.8. The van der Waals surface area contributed by atoms with Crippen LogP contribution in [0.1, 0.15) is 43.9 Å². The van der Waals surface area contributed by atoms with Gasteiger partial charge in [-0.1, -0.05) is 166 Å². The molecular formula is C52H41NO. The molecule has 0 saturated carbocycles. The van der Waals surface area contributed by atoms with Crippen LogP contribution in [0.4, 0.5) is 17.1 Å². The second-order valence-electron chi connectivity index (χ2n) is 15.6. The van der Waals surface area contributed by atoms with E-state index in [0.717, 1.165) is 50.9 Å². The fourth-order valence-corrected chi connectivity index (χ4v) is 8.90. The van der Waals surface area contributed by atoms with Crippen molar-refractivity contribution in [1.82, 2.24) is 0 Å².